The molecule has 2 heterocycles. The van der Waals surface area contributed by atoms with Gasteiger partial charge in [0.15, 0.2) is 5.82 Å². The van der Waals surface area contributed by atoms with Gasteiger partial charge in [0.25, 0.3) is 0 Å². The fraction of sp³-hybridized carbons (Fsp3) is 0.333. The predicted octanol–water partition coefficient (Wildman–Crippen LogP) is 2.57. The molecule has 0 spiro atoms. The van der Waals surface area contributed by atoms with Gasteiger partial charge in [0.05, 0.1) is 5.02 Å². The number of aromatic nitrogens is 5. The molecule has 0 bridgehead atoms. The summed E-state index contributed by atoms with van der Waals surface area (Å²) in [4.78, 5) is 8.17. The van der Waals surface area contributed by atoms with E-state index in [-0.39, 0.29) is 21.6 Å². The summed E-state index contributed by atoms with van der Waals surface area (Å²) < 4.78 is 33.5. The Bertz CT molecular complexity index is 995. The fourth-order valence-electron chi connectivity index (χ4n) is 2.24. The number of halogens is 1. The van der Waals surface area contributed by atoms with E-state index in [1.54, 1.807) is 12.1 Å². The second kappa shape index (κ2) is 6.78. The molecule has 0 saturated carbocycles. The lowest BCUT2D eigenvalue weighted by atomic mass is 9.87. The van der Waals surface area contributed by atoms with Crippen molar-refractivity contribution in [2.24, 2.45) is 5.41 Å². The van der Waals surface area contributed by atoms with Crippen molar-refractivity contribution in [2.75, 3.05) is 0 Å². The molecule has 0 saturated heterocycles. The number of hydrogen-bond donors (Lipinski definition) is 2. The van der Waals surface area contributed by atoms with Crippen LogP contribution in [0.5, 0.6) is 0 Å². The first-order valence-electron chi connectivity index (χ1n) is 7.65. The quantitative estimate of drug-likeness (QED) is 0.678. The molecule has 0 unspecified atom stereocenters. The van der Waals surface area contributed by atoms with Gasteiger partial charge in [-0.1, -0.05) is 49.7 Å². The fourth-order valence-corrected chi connectivity index (χ4v) is 4.16. The van der Waals surface area contributed by atoms with Gasteiger partial charge in [0, 0.05) is 0 Å². The Labute approximate surface area is 155 Å². The molecule has 138 valence electrons. The Balaban J connectivity index is 1.97. The molecule has 26 heavy (non-hydrogen) atoms. The zero-order valence-electron chi connectivity index (χ0n) is 14.3. The Morgan fingerprint density at radius 3 is 2.62 bits per heavy atom. The smallest absolute Gasteiger partial charge is 0.245 e. The van der Waals surface area contributed by atoms with Gasteiger partial charge in [0.1, 0.15) is 17.3 Å². The average Bonchev–Trinajstić information content (AvgIpc) is 3.23. The highest BCUT2D eigenvalue weighted by molar-refractivity contribution is 7.89. The summed E-state index contributed by atoms with van der Waals surface area (Å²) in [7, 11) is -3.91. The number of benzene rings is 1. The summed E-state index contributed by atoms with van der Waals surface area (Å²) >= 11 is 6.03. The van der Waals surface area contributed by atoms with E-state index >= 15 is 0 Å². The molecular formula is C15H17ClN6O3S. The maximum absolute atomic E-state index is 12.8. The van der Waals surface area contributed by atoms with Crippen LogP contribution < -0.4 is 4.72 Å². The molecule has 2 N–H and O–H groups in total. The van der Waals surface area contributed by atoms with E-state index in [2.05, 4.69) is 30.0 Å². The van der Waals surface area contributed by atoms with Crippen molar-refractivity contribution < 1.29 is 12.9 Å². The van der Waals surface area contributed by atoms with Crippen LogP contribution in [0.4, 0.5) is 0 Å². The first-order valence-corrected chi connectivity index (χ1v) is 9.51. The van der Waals surface area contributed by atoms with Crippen molar-refractivity contribution in [3.63, 3.8) is 0 Å². The second-order valence-electron chi connectivity index (χ2n) is 6.64. The summed E-state index contributed by atoms with van der Waals surface area (Å²) in [6.45, 7) is 5.56. The van der Waals surface area contributed by atoms with E-state index in [1.807, 2.05) is 20.8 Å². The number of aromatic amines is 1. The molecule has 2 aromatic heterocycles. The Morgan fingerprint density at radius 1 is 1.27 bits per heavy atom. The minimum absolute atomic E-state index is 0.0223. The molecule has 0 aliphatic carbocycles. The van der Waals surface area contributed by atoms with Crippen LogP contribution in [0.2, 0.25) is 5.02 Å². The third kappa shape index (κ3) is 3.76. The normalized spacial score (nSPS) is 13.7. The zero-order chi connectivity index (χ0) is 18.9. The van der Waals surface area contributed by atoms with Crippen LogP contribution in [-0.2, 0) is 10.0 Å². The summed E-state index contributed by atoms with van der Waals surface area (Å²) in [5.41, 5.74) is -0.556. The lowest BCUT2D eigenvalue weighted by Gasteiger charge is -2.28. The molecule has 11 heteroatoms. The minimum atomic E-state index is -3.91. The molecule has 0 amide bonds. The highest BCUT2D eigenvalue weighted by Gasteiger charge is 2.36. The van der Waals surface area contributed by atoms with Gasteiger partial charge in [-0.25, -0.2) is 13.4 Å². The average molecular weight is 397 g/mol. The molecule has 3 rings (SSSR count). The standard InChI is InChI=1S/C15H17ClN6O3S/c1-15(2,3)11(14-19-13(21-25-14)12-17-8-18-20-12)22-26(23,24)10-7-5-4-6-9(10)16/h4-8,11,22H,1-3H3,(H,17,18,20)/t11-/m1/s1. The minimum Gasteiger partial charge on any atom is -0.337 e. The van der Waals surface area contributed by atoms with Crippen molar-refractivity contribution in [3.05, 3.63) is 41.5 Å². The van der Waals surface area contributed by atoms with Gasteiger partial charge in [-0.2, -0.15) is 14.8 Å². The van der Waals surface area contributed by atoms with Gasteiger partial charge in [-0.05, 0) is 17.5 Å². The van der Waals surface area contributed by atoms with E-state index in [0.717, 1.165) is 0 Å². The molecule has 1 atom stereocenters. The van der Waals surface area contributed by atoms with Crippen LogP contribution in [0.1, 0.15) is 32.7 Å². The SMILES string of the molecule is CC(C)(C)[C@H](NS(=O)(=O)c1ccccc1Cl)c1nc(-c2ncn[nH]2)no1. The van der Waals surface area contributed by atoms with Crippen LogP contribution in [0.25, 0.3) is 11.6 Å². The number of rotatable bonds is 5. The van der Waals surface area contributed by atoms with E-state index in [0.29, 0.717) is 5.82 Å². The summed E-state index contributed by atoms with van der Waals surface area (Å²) in [6, 6.07) is 5.41. The lowest BCUT2D eigenvalue weighted by molar-refractivity contribution is 0.236. The maximum Gasteiger partial charge on any atom is 0.245 e. The summed E-state index contributed by atoms with van der Waals surface area (Å²) in [5.74, 6) is 0.616. The Morgan fingerprint density at radius 2 is 2.00 bits per heavy atom. The number of nitrogens with zero attached hydrogens (tertiary/aromatic N) is 4. The second-order valence-corrected chi connectivity index (χ2v) is 8.73. The van der Waals surface area contributed by atoms with Crippen LogP contribution in [-0.4, -0.2) is 33.7 Å². The highest BCUT2D eigenvalue weighted by Crippen LogP contribution is 2.34. The Hall–Kier alpha value is -2.30. The maximum atomic E-state index is 12.8. The monoisotopic (exact) mass is 396 g/mol. The zero-order valence-corrected chi connectivity index (χ0v) is 15.8. The molecule has 9 nitrogen and oxygen atoms in total. The topological polar surface area (TPSA) is 127 Å². The lowest BCUT2D eigenvalue weighted by Crippen LogP contribution is -2.37. The van der Waals surface area contributed by atoms with Crippen LogP contribution in [0.15, 0.2) is 40.0 Å². The Kier molecular flexibility index (Phi) is 4.82. The first-order chi connectivity index (χ1) is 12.2. The molecular weight excluding hydrogens is 380 g/mol. The molecule has 0 radical (unpaired) electrons. The summed E-state index contributed by atoms with van der Waals surface area (Å²) in [6.07, 6.45) is 1.31. The van der Waals surface area contributed by atoms with E-state index < -0.39 is 21.5 Å². The molecule has 0 aliphatic heterocycles. The van der Waals surface area contributed by atoms with Gasteiger partial charge < -0.3 is 4.52 Å². The third-order valence-corrected chi connectivity index (χ3v) is 5.50. The molecule has 0 fully saturated rings. The molecule has 1 aromatic carbocycles. The van der Waals surface area contributed by atoms with Gasteiger partial charge >= 0.3 is 0 Å². The molecule has 0 aliphatic rings. The summed E-state index contributed by atoms with van der Waals surface area (Å²) in [5, 5.41) is 10.3. The van der Waals surface area contributed by atoms with E-state index in [4.69, 9.17) is 16.1 Å². The third-order valence-electron chi connectivity index (χ3n) is 3.58. The van der Waals surface area contributed by atoms with Gasteiger partial charge in [0.2, 0.25) is 21.7 Å². The van der Waals surface area contributed by atoms with E-state index in [9.17, 15) is 8.42 Å². The predicted molar refractivity (Wildman–Crippen MR) is 93.6 cm³/mol. The van der Waals surface area contributed by atoms with E-state index in [1.165, 1.54) is 18.5 Å². The number of hydrogen-bond acceptors (Lipinski definition) is 7. The van der Waals surface area contributed by atoms with Crippen molar-refractivity contribution in [2.45, 2.75) is 31.7 Å². The van der Waals surface area contributed by atoms with Crippen molar-refractivity contribution in [1.29, 1.82) is 0 Å². The van der Waals surface area contributed by atoms with Crippen molar-refractivity contribution in [1.82, 2.24) is 30.0 Å². The molecule has 3 aromatic rings. The van der Waals surface area contributed by atoms with Crippen LogP contribution in [0, 0.1) is 5.41 Å². The van der Waals surface area contributed by atoms with Crippen LogP contribution in [0.3, 0.4) is 0 Å². The highest BCUT2D eigenvalue weighted by atomic mass is 35.5. The number of nitrogens with one attached hydrogen (secondary N) is 2. The number of H-pyrrole nitrogens is 1. The van der Waals surface area contributed by atoms with Gasteiger partial charge in [-0.15, -0.1) is 0 Å². The van der Waals surface area contributed by atoms with Crippen LogP contribution >= 0.6 is 11.6 Å². The van der Waals surface area contributed by atoms with Crippen molar-refractivity contribution >= 4 is 21.6 Å². The largest absolute Gasteiger partial charge is 0.337 e. The first kappa shape index (κ1) is 18.5. The van der Waals surface area contributed by atoms with Crippen molar-refractivity contribution in [3.8, 4) is 11.6 Å². The van der Waals surface area contributed by atoms with Gasteiger partial charge in [-0.3, -0.25) is 5.10 Å². The number of sulfonamides is 1.